The Labute approximate surface area is 72.8 Å². The van der Waals surface area contributed by atoms with E-state index in [4.69, 9.17) is 5.73 Å². The zero-order chi connectivity index (χ0) is 9.35. The van der Waals surface area contributed by atoms with E-state index in [0.717, 1.165) is 6.07 Å². The van der Waals surface area contributed by atoms with Gasteiger partial charge < -0.3 is 5.73 Å². The summed E-state index contributed by atoms with van der Waals surface area (Å²) in [4.78, 5) is -0.218. The van der Waals surface area contributed by atoms with Gasteiger partial charge in [-0.25, -0.2) is 0 Å². The fourth-order valence-electron chi connectivity index (χ4n) is 0.790. The summed E-state index contributed by atoms with van der Waals surface area (Å²) in [6.07, 6.45) is -4.38. The molecule has 1 nitrogen and oxygen atoms in total. The lowest BCUT2D eigenvalue weighted by atomic mass is 10.2. The maximum atomic E-state index is 12.1. The smallest absolute Gasteiger partial charge is 0.398 e. The quantitative estimate of drug-likeness (QED) is 0.480. The van der Waals surface area contributed by atoms with E-state index in [9.17, 15) is 13.2 Å². The van der Waals surface area contributed by atoms with E-state index < -0.39 is 11.7 Å². The van der Waals surface area contributed by atoms with Crippen LogP contribution in [0.25, 0.3) is 0 Å². The van der Waals surface area contributed by atoms with Crippen molar-refractivity contribution in [3.63, 3.8) is 0 Å². The van der Waals surface area contributed by atoms with Crippen molar-refractivity contribution in [2.75, 3.05) is 5.73 Å². The summed E-state index contributed by atoms with van der Waals surface area (Å²) in [6, 6.07) is 3.56. The third kappa shape index (κ3) is 1.66. The van der Waals surface area contributed by atoms with E-state index in [1.54, 1.807) is 0 Å². The number of halogens is 3. The van der Waals surface area contributed by atoms with Gasteiger partial charge in [-0.15, -0.1) is 12.6 Å². The predicted octanol–water partition coefficient (Wildman–Crippen LogP) is 2.58. The Morgan fingerprint density at radius 1 is 1.25 bits per heavy atom. The second kappa shape index (κ2) is 2.90. The van der Waals surface area contributed by atoms with E-state index in [2.05, 4.69) is 12.6 Å². The molecule has 0 amide bonds. The van der Waals surface area contributed by atoms with Crippen molar-refractivity contribution in [3.8, 4) is 0 Å². The maximum absolute atomic E-state index is 12.1. The third-order valence-corrected chi connectivity index (χ3v) is 1.87. The Kier molecular flexibility index (Phi) is 2.23. The normalized spacial score (nSPS) is 11.7. The van der Waals surface area contributed by atoms with Gasteiger partial charge in [0.15, 0.2) is 0 Å². The molecule has 0 aliphatic heterocycles. The Hall–Kier alpha value is -0.840. The highest BCUT2D eigenvalue weighted by atomic mass is 32.1. The molecule has 12 heavy (non-hydrogen) atoms. The molecule has 0 aromatic heterocycles. The average Bonchev–Trinajstić information content (AvgIpc) is 1.92. The van der Waals surface area contributed by atoms with Crippen molar-refractivity contribution in [2.24, 2.45) is 0 Å². The van der Waals surface area contributed by atoms with Crippen LogP contribution in [0.2, 0.25) is 0 Å². The maximum Gasteiger partial charge on any atom is 0.417 e. The van der Waals surface area contributed by atoms with Crippen LogP contribution in [-0.4, -0.2) is 0 Å². The van der Waals surface area contributed by atoms with Crippen molar-refractivity contribution < 1.29 is 13.2 Å². The number of nitrogen functional groups attached to an aromatic ring is 1. The number of nitrogens with two attached hydrogens (primary N) is 1. The lowest BCUT2D eigenvalue weighted by Crippen LogP contribution is -2.07. The highest BCUT2D eigenvalue weighted by Crippen LogP contribution is 2.35. The standard InChI is InChI=1S/C7H6F3NS/c8-7(9,10)4-2-1-3-5(11)6(4)12/h1-3,12H,11H2. The largest absolute Gasteiger partial charge is 0.417 e. The number of hydrogen-bond donors (Lipinski definition) is 2. The molecular weight excluding hydrogens is 187 g/mol. The Morgan fingerprint density at radius 2 is 1.83 bits per heavy atom. The highest BCUT2D eigenvalue weighted by molar-refractivity contribution is 7.80. The molecule has 2 N–H and O–H groups in total. The molecule has 0 saturated carbocycles. The first-order valence-corrected chi connectivity index (χ1v) is 3.52. The van der Waals surface area contributed by atoms with Crippen LogP contribution in [0.5, 0.6) is 0 Å². The molecular formula is C7H6F3NS. The molecule has 0 spiro atoms. The monoisotopic (exact) mass is 193 g/mol. The fourth-order valence-corrected chi connectivity index (χ4v) is 1.07. The number of thiol groups is 1. The molecule has 0 saturated heterocycles. The van der Waals surface area contributed by atoms with Crippen LogP contribution in [0, 0.1) is 0 Å². The molecule has 0 radical (unpaired) electrons. The van der Waals surface area contributed by atoms with Crippen LogP contribution in [0.3, 0.4) is 0 Å². The summed E-state index contributed by atoms with van der Waals surface area (Å²) in [5, 5.41) is 0. The van der Waals surface area contributed by atoms with Crippen molar-refractivity contribution in [3.05, 3.63) is 23.8 Å². The second-order valence-electron chi connectivity index (χ2n) is 2.24. The van der Waals surface area contributed by atoms with Gasteiger partial charge in [-0.1, -0.05) is 6.07 Å². The summed E-state index contributed by atoms with van der Waals surface area (Å²) in [6.45, 7) is 0. The molecule has 0 heterocycles. The first-order chi connectivity index (χ1) is 5.43. The summed E-state index contributed by atoms with van der Waals surface area (Å²) in [5.41, 5.74) is 4.48. The van der Waals surface area contributed by atoms with Crippen molar-refractivity contribution in [2.45, 2.75) is 11.1 Å². The van der Waals surface area contributed by atoms with Gasteiger partial charge in [0.05, 0.1) is 5.56 Å². The van der Waals surface area contributed by atoms with E-state index in [1.807, 2.05) is 0 Å². The molecule has 1 aromatic rings. The molecule has 1 rings (SSSR count). The van der Waals surface area contributed by atoms with Gasteiger partial charge in [-0.05, 0) is 12.1 Å². The number of alkyl halides is 3. The van der Waals surface area contributed by atoms with Crippen molar-refractivity contribution >= 4 is 18.3 Å². The van der Waals surface area contributed by atoms with Gasteiger partial charge in [0.1, 0.15) is 0 Å². The molecule has 66 valence electrons. The zero-order valence-corrected chi connectivity index (χ0v) is 6.78. The molecule has 0 aliphatic carbocycles. The lowest BCUT2D eigenvalue weighted by Gasteiger charge is -2.10. The van der Waals surface area contributed by atoms with E-state index in [1.165, 1.54) is 12.1 Å². The predicted molar refractivity (Wildman–Crippen MR) is 43.1 cm³/mol. The second-order valence-corrected chi connectivity index (χ2v) is 2.69. The van der Waals surface area contributed by atoms with Gasteiger partial charge in [-0.2, -0.15) is 13.2 Å². The highest BCUT2D eigenvalue weighted by Gasteiger charge is 2.32. The fraction of sp³-hybridized carbons (Fsp3) is 0.143. The first kappa shape index (κ1) is 9.25. The zero-order valence-electron chi connectivity index (χ0n) is 5.89. The number of anilines is 1. The summed E-state index contributed by atoms with van der Waals surface area (Å²) >= 11 is 3.66. The Bertz CT molecular complexity index is 295. The van der Waals surface area contributed by atoms with Crippen LogP contribution in [0.1, 0.15) is 5.56 Å². The van der Waals surface area contributed by atoms with Crippen LogP contribution in [-0.2, 0) is 6.18 Å². The average molecular weight is 193 g/mol. The molecule has 0 atom stereocenters. The molecule has 0 aliphatic rings. The van der Waals surface area contributed by atoms with Crippen LogP contribution in [0.15, 0.2) is 23.1 Å². The SMILES string of the molecule is Nc1cccc(C(F)(F)F)c1S. The van der Waals surface area contributed by atoms with E-state index in [0.29, 0.717) is 0 Å². The summed E-state index contributed by atoms with van der Waals surface area (Å²) in [7, 11) is 0. The van der Waals surface area contributed by atoms with Crippen LogP contribution < -0.4 is 5.73 Å². The van der Waals surface area contributed by atoms with E-state index >= 15 is 0 Å². The topological polar surface area (TPSA) is 26.0 Å². The number of hydrogen-bond acceptors (Lipinski definition) is 2. The lowest BCUT2D eigenvalue weighted by molar-refractivity contribution is -0.139. The van der Waals surface area contributed by atoms with Crippen molar-refractivity contribution in [1.29, 1.82) is 0 Å². The minimum atomic E-state index is -4.38. The summed E-state index contributed by atoms with van der Waals surface area (Å²) < 4.78 is 36.4. The third-order valence-electron chi connectivity index (χ3n) is 1.37. The first-order valence-electron chi connectivity index (χ1n) is 3.07. The van der Waals surface area contributed by atoms with Gasteiger partial charge >= 0.3 is 6.18 Å². The van der Waals surface area contributed by atoms with Crippen LogP contribution >= 0.6 is 12.6 Å². The Balaban J connectivity index is 3.26. The number of benzene rings is 1. The molecule has 0 bridgehead atoms. The van der Waals surface area contributed by atoms with E-state index in [-0.39, 0.29) is 10.6 Å². The minimum absolute atomic E-state index is 0.0353. The van der Waals surface area contributed by atoms with Gasteiger partial charge in [0.25, 0.3) is 0 Å². The number of rotatable bonds is 0. The van der Waals surface area contributed by atoms with Gasteiger partial charge in [-0.3, -0.25) is 0 Å². The van der Waals surface area contributed by atoms with Gasteiger partial charge in [0.2, 0.25) is 0 Å². The molecule has 0 fully saturated rings. The molecule has 5 heteroatoms. The van der Waals surface area contributed by atoms with Crippen LogP contribution in [0.4, 0.5) is 18.9 Å². The Morgan fingerprint density at radius 3 is 2.25 bits per heavy atom. The van der Waals surface area contributed by atoms with Crippen molar-refractivity contribution in [1.82, 2.24) is 0 Å². The van der Waals surface area contributed by atoms with Gasteiger partial charge in [0, 0.05) is 10.6 Å². The molecule has 0 unspecified atom stereocenters. The summed E-state index contributed by atoms with van der Waals surface area (Å²) in [5.74, 6) is 0. The minimum Gasteiger partial charge on any atom is -0.398 e. The molecule has 1 aromatic carbocycles.